The molecule has 0 aromatic heterocycles. The van der Waals surface area contributed by atoms with Gasteiger partial charge >= 0.3 is 11.9 Å². The molecule has 2 unspecified atom stereocenters. The van der Waals surface area contributed by atoms with Gasteiger partial charge in [0.05, 0.1) is 12.2 Å². The Labute approximate surface area is 287 Å². The van der Waals surface area contributed by atoms with Crippen LogP contribution >= 0.6 is 0 Å². The van der Waals surface area contributed by atoms with Crippen molar-refractivity contribution in [1.82, 2.24) is 0 Å². The van der Waals surface area contributed by atoms with E-state index in [1.807, 2.05) is 12.2 Å². The van der Waals surface area contributed by atoms with Crippen molar-refractivity contribution >= 4 is 11.9 Å². The first kappa shape index (κ1) is 42.6. The predicted molar refractivity (Wildman–Crippen MR) is 195 cm³/mol. The van der Waals surface area contributed by atoms with Crippen LogP contribution in [0.4, 0.5) is 0 Å². The van der Waals surface area contributed by atoms with Crippen LogP contribution < -0.4 is 0 Å². The molecule has 0 saturated carbocycles. The summed E-state index contributed by atoms with van der Waals surface area (Å²) >= 11 is 0. The van der Waals surface area contributed by atoms with Gasteiger partial charge in [0.1, 0.15) is 19.3 Å². The van der Waals surface area contributed by atoms with E-state index in [4.69, 9.17) is 14.2 Å². The maximum atomic E-state index is 11.9. The summed E-state index contributed by atoms with van der Waals surface area (Å²) < 4.78 is 15.9. The summed E-state index contributed by atoms with van der Waals surface area (Å²) in [5, 5.41) is 9.99. The van der Waals surface area contributed by atoms with Gasteiger partial charge in [0.25, 0.3) is 0 Å². The largest absolute Gasteiger partial charge is 0.463 e. The van der Waals surface area contributed by atoms with Gasteiger partial charge < -0.3 is 19.3 Å². The molecule has 1 aliphatic heterocycles. The molecular weight excluding hydrogens is 588 g/mol. The molecule has 1 rings (SSSR count). The summed E-state index contributed by atoms with van der Waals surface area (Å²) in [6.45, 7) is 4.10. The van der Waals surface area contributed by atoms with Crippen LogP contribution in [0.15, 0.2) is 60.8 Å². The number of hydrogen-bond donors (Lipinski definition) is 1. The number of carbonyl (C=O) groups is 2. The number of hydrogen-bond acceptors (Lipinski definition) is 6. The van der Waals surface area contributed by atoms with Gasteiger partial charge in [0.15, 0.2) is 0 Å². The molecule has 0 amide bonds. The molecule has 0 bridgehead atoms. The molecule has 3 atom stereocenters. The minimum Gasteiger partial charge on any atom is -0.463 e. The minimum atomic E-state index is -0.997. The molecule has 1 saturated heterocycles. The second-order valence-corrected chi connectivity index (χ2v) is 12.7. The van der Waals surface area contributed by atoms with E-state index >= 15 is 0 Å². The number of ether oxygens (including phenoxy) is 3. The second-order valence-electron chi connectivity index (χ2n) is 12.7. The number of esters is 2. The Kier molecular flexibility index (Phi) is 29.1. The third kappa shape index (κ3) is 29.4. The Morgan fingerprint density at radius 1 is 0.574 bits per heavy atom. The number of aliphatic hydroxyl groups is 1. The fourth-order valence-electron chi connectivity index (χ4n) is 5.21. The molecular formula is C41H68O6. The topological polar surface area (TPSA) is 85.4 Å². The molecule has 1 fully saturated rings. The molecule has 0 spiro atoms. The summed E-state index contributed by atoms with van der Waals surface area (Å²) in [5.74, 6) is -0.666. The van der Waals surface area contributed by atoms with E-state index in [0.29, 0.717) is 25.0 Å². The number of aliphatic hydroxyl groups excluding tert-OH is 1. The highest BCUT2D eigenvalue weighted by Crippen LogP contribution is 2.29. The van der Waals surface area contributed by atoms with Crippen LogP contribution in [-0.4, -0.2) is 48.6 Å². The van der Waals surface area contributed by atoms with Gasteiger partial charge in [-0.3, -0.25) is 9.59 Å². The van der Waals surface area contributed by atoms with Crippen molar-refractivity contribution in [2.75, 3.05) is 13.2 Å². The first-order valence-electron chi connectivity index (χ1n) is 19.0. The van der Waals surface area contributed by atoms with Crippen molar-refractivity contribution in [3.63, 3.8) is 0 Å². The zero-order valence-electron chi connectivity index (χ0n) is 30.0. The lowest BCUT2D eigenvalue weighted by atomic mass is 10.0. The number of carbonyl (C=O) groups excluding carboxylic acids is 2. The molecule has 6 heteroatoms. The summed E-state index contributed by atoms with van der Waals surface area (Å²) in [4.78, 5) is 23.9. The van der Waals surface area contributed by atoms with Gasteiger partial charge in [-0.1, -0.05) is 152 Å². The number of epoxide rings is 1. The smallest absolute Gasteiger partial charge is 0.306 e. The zero-order chi connectivity index (χ0) is 34.0. The van der Waals surface area contributed by atoms with Gasteiger partial charge in [-0.25, -0.2) is 0 Å². The third-order valence-electron chi connectivity index (χ3n) is 8.18. The molecule has 0 radical (unpaired) electrons. The molecule has 1 aliphatic rings. The summed E-state index contributed by atoms with van der Waals surface area (Å²) in [7, 11) is 0. The minimum absolute atomic E-state index is 0.143. The van der Waals surface area contributed by atoms with Crippen LogP contribution in [0.1, 0.15) is 155 Å². The Bertz CT molecular complexity index is 902. The molecule has 0 aromatic carbocycles. The van der Waals surface area contributed by atoms with E-state index in [2.05, 4.69) is 62.5 Å². The molecule has 268 valence electrons. The van der Waals surface area contributed by atoms with E-state index in [-0.39, 0.29) is 31.6 Å². The van der Waals surface area contributed by atoms with Crippen molar-refractivity contribution in [1.29, 1.82) is 0 Å². The van der Waals surface area contributed by atoms with Crippen LogP contribution in [0, 0.1) is 0 Å². The highest BCUT2D eigenvalue weighted by molar-refractivity contribution is 5.70. The zero-order valence-corrected chi connectivity index (χ0v) is 30.0. The maximum absolute atomic E-state index is 11.9. The molecule has 0 aromatic rings. The van der Waals surface area contributed by atoms with Gasteiger partial charge in [-0.15, -0.1) is 0 Å². The Balaban J connectivity index is 1.88. The number of unbranched alkanes of at least 4 members (excludes halogenated alkanes) is 12. The third-order valence-corrected chi connectivity index (χ3v) is 8.18. The Morgan fingerprint density at radius 3 is 1.51 bits per heavy atom. The molecule has 0 aliphatic carbocycles. The van der Waals surface area contributed by atoms with Crippen molar-refractivity contribution in [3.8, 4) is 0 Å². The van der Waals surface area contributed by atoms with Crippen LogP contribution in [0.3, 0.4) is 0 Å². The fourth-order valence-corrected chi connectivity index (χ4v) is 5.21. The standard InChI is InChI=1S/C41H68O6/c1-3-5-7-8-9-10-11-12-16-19-22-25-29-33-40(43)45-35-37(42)36-46-41(44)34-30-26-23-20-17-14-13-15-18-21-24-28-32-39-38(47-39)31-27-6-4-2/h6,14-15,17-18,23-24,26-28,37-39,42H,3-5,7-13,16,19-22,25,29-36H2,1-2H3/b17-14-,18-15-,26-23-,27-6-,28-24-/t37-,38?,39?/m1/s1. The predicted octanol–water partition coefficient (Wildman–Crippen LogP) is 10.6. The quantitative estimate of drug-likeness (QED) is 0.0336. The summed E-state index contributed by atoms with van der Waals surface area (Å²) in [6.07, 6.45) is 44.6. The van der Waals surface area contributed by atoms with Crippen LogP contribution in [0.25, 0.3) is 0 Å². The van der Waals surface area contributed by atoms with Gasteiger partial charge in [-0.2, -0.15) is 0 Å². The van der Waals surface area contributed by atoms with Gasteiger partial charge in [-0.05, 0) is 51.4 Å². The Morgan fingerprint density at radius 2 is 1.00 bits per heavy atom. The molecule has 1 N–H and O–H groups in total. The SMILES string of the molecule is CC/C=C\CC1OC1C/C=C\C/C=C\C/C=C\C/C=C\CCC(=O)OC[C@H](O)COC(=O)CCCCCCCCCCCCCCC. The monoisotopic (exact) mass is 657 g/mol. The summed E-state index contributed by atoms with van der Waals surface area (Å²) in [6, 6.07) is 0. The molecule has 6 nitrogen and oxygen atoms in total. The first-order valence-corrected chi connectivity index (χ1v) is 19.0. The lowest BCUT2D eigenvalue weighted by molar-refractivity contribution is -0.152. The molecule has 47 heavy (non-hydrogen) atoms. The highest BCUT2D eigenvalue weighted by atomic mass is 16.6. The van der Waals surface area contributed by atoms with E-state index in [0.717, 1.165) is 57.8 Å². The van der Waals surface area contributed by atoms with E-state index in [1.165, 1.54) is 64.2 Å². The van der Waals surface area contributed by atoms with E-state index in [9.17, 15) is 14.7 Å². The van der Waals surface area contributed by atoms with Crippen molar-refractivity contribution in [3.05, 3.63) is 60.8 Å². The number of rotatable bonds is 32. The summed E-state index contributed by atoms with van der Waals surface area (Å²) in [5.41, 5.74) is 0. The van der Waals surface area contributed by atoms with Crippen LogP contribution in [0.2, 0.25) is 0 Å². The Hall–Kier alpha value is -2.44. The van der Waals surface area contributed by atoms with Crippen molar-refractivity contribution < 1.29 is 28.9 Å². The molecule has 1 heterocycles. The average molecular weight is 657 g/mol. The average Bonchev–Trinajstić information content (AvgIpc) is 3.82. The maximum Gasteiger partial charge on any atom is 0.306 e. The fraction of sp³-hybridized carbons (Fsp3) is 0.707. The first-order chi connectivity index (χ1) is 23.1. The van der Waals surface area contributed by atoms with Gasteiger partial charge in [0, 0.05) is 12.8 Å². The van der Waals surface area contributed by atoms with Crippen LogP contribution in [0.5, 0.6) is 0 Å². The van der Waals surface area contributed by atoms with Crippen molar-refractivity contribution in [2.45, 2.75) is 173 Å². The highest BCUT2D eigenvalue weighted by Gasteiger charge is 2.35. The normalized spacial score (nSPS) is 17.2. The van der Waals surface area contributed by atoms with E-state index < -0.39 is 6.10 Å². The van der Waals surface area contributed by atoms with Crippen LogP contribution in [-0.2, 0) is 23.8 Å². The lowest BCUT2D eigenvalue weighted by Gasteiger charge is -2.12. The van der Waals surface area contributed by atoms with E-state index in [1.54, 1.807) is 0 Å². The second kappa shape index (κ2) is 32.1. The van der Waals surface area contributed by atoms with Crippen molar-refractivity contribution in [2.24, 2.45) is 0 Å². The van der Waals surface area contributed by atoms with Gasteiger partial charge in [0.2, 0.25) is 0 Å². The number of allylic oxidation sites excluding steroid dienone is 8. The lowest BCUT2D eigenvalue weighted by Crippen LogP contribution is -2.25.